The fourth-order valence-electron chi connectivity index (χ4n) is 3.61. The fourth-order valence-corrected chi connectivity index (χ4v) is 3.61. The van der Waals surface area contributed by atoms with E-state index >= 15 is 0 Å². The zero-order valence-corrected chi connectivity index (χ0v) is 14.3. The number of nitrogens with zero attached hydrogens (tertiary/aromatic N) is 3. The molecule has 124 valence electrons. The van der Waals surface area contributed by atoms with E-state index in [9.17, 15) is 0 Å². The van der Waals surface area contributed by atoms with Crippen molar-refractivity contribution in [3.63, 3.8) is 0 Å². The molecule has 5 heteroatoms. The summed E-state index contributed by atoms with van der Waals surface area (Å²) < 4.78 is 0. The second-order valence-corrected chi connectivity index (χ2v) is 7.62. The van der Waals surface area contributed by atoms with Gasteiger partial charge in [0.25, 0.3) is 0 Å². The molecule has 0 radical (unpaired) electrons. The second-order valence-electron chi connectivity index (χ2n) is 7.62. The van der Waals surface area contributed by atoms with Crippen LogP contribution in [0.4, 0.5) is 5.69 Å². The number of benzene rings is 1. The summed E-state index contributed by atoms with van der Waals surface area (Å²) in [6.07, 6.45) is 5.45. The first kappa shape index (κ1) is 15.8. The molecule has 2 aliphatic rings. The van der Waals surface area contributed by atoms with E-state index in [1.54, 1.807) is 0 Å². The van der Waals surface area contributed by atoms with Gasteiger partial charge in [0.05, 0.1) is 0 Å². The van der Waals surface area contributed by atoms with Crippen LogP contribution >= 0.6 is 0 Å². The fraction of sp³-hybridized carbons (Fsp3) is 0.556. The molecule has 0 unspecified atom stereocenters. The Hall–Kier alpha value is -2.04. The van der Waals surface area contributed by atoms with Gasteiger partial charge in [-0.1, -0.05) is 39.3 Å². The first-order valence-corrected chi connectivity index (χ1v) is 8.42. The number of rotatable bonds is 1. The summed E-state index contributed by atoms with van der Waals surface area (Å²) in [4.78, 5) is 11.0. The molecule has 1 aromatic carbocycles. The van der Waals surface area contributed by atoms with Gasteiger partial charge in [0.1, 0.15) is 5.66 Å². The van der Waals surface area contributed by atoms with Gasteiger partial charge in [0.15, 0.2) is 0 Å². The first-order chi connectivity index (χ1) is 10.8. The lowest BCUT2D eigenvalue weighted by Crippen LogP contribution is -2.58. The zero-order chi connectivity index (χ0) is 16.7. The van der Waals surface area contributed by atoms with Crippen LogP contribution in [0.2, 0.25) is 0 Å². The molecule has 0 atom stereocenters. The number of aliphatic imine (C=N–C) groups is 2. The average Bonchev–Trinajstić information content (AvgIpc) is 2.46. The predicted molar refractivity (Wildman–Crippen MR) is 96.7 cm³/mol. The van der Waals surface area contributed by atoms with Gasteiger partial charge in [0.2, 0.25) is 11.9 Å². The normalized spacial score (nSPS) is 21.1. The number of anilines is 1. The summed E-state index contributed by atoms with van der Waals surface area (Å²) in [6, 6.07) is 8.58. The number of hydrogen-bond donors (Lipinski definition) is 2. The van der Waals surface area contributed by atoms with Crippen LogP contribution in [0, 0.1) is 0 Å². The Balaban J connectivity index is 2.00. The molecule has 3 rings (SSSR count). The third-order valence-electron chi connectivity index (χ3n) is 4.84. The summed E-state index contributed by atoms with van der Waals surface area (Å²) >= 11 is 0. The Morgan fingerprint density at radius 3 is 2.17 bits per heavy atom. The van der Waals surface area contributed by atoms with Gasteiger partial charge in [0, 0.05) is 5.69 Å². The second kappa shape index (κ2) is 5.55. The number of hydrogen-bond acceptors (Lipinski definition) is 5. The third kappa shape index (κ3) is 2.92. The van der Waals surface area contributed by atoms with Crippen molar-refractivity contribution in [1.29, 1.82) is 0 Å². The lowest BCUT2D eigenvalue weighted by molar-refractivity contribution is 0.305. The first-order valence-electron chi connectivity index (χ1n) is 8.42. The van der Waals surface area contributed by atoms with E-state index < -0.39 is 0 Å². The minimum absolute atomic E-state index is 0.130. The van der Waals surface area contributed by atoms with Crippen molar-refractivity contribution < 1.29 is 0 Å². The lowest BCUT2D eigenvalue weighted by atomic mass is 9.85. The highest BCUT2D eigenvalue weighted by Crippen LogP contribution is 2.39. The maximum Gasteiger partial charge on any atom is 0.220 e. The van der Waals surface area contributed by atoms with Crippen LogP contribution in [-0.4, -0.2) is 17.6 Å². The van der Waals surface area contributed by atoms with Crippen LogP contribution in [-0.2, 0) is 5.41 Å². The van der Waals surface area contributed by atoms with Crippen molar-refractivity contribution in [2.75, 3.05) is 4.90 Å². The van der Waals surface area contributed by atoms with E-state index in [-0.39, 0.29) is 11.1 Å². The minimum atomic E-state index is -0.364. The molecule has 0 bridgehead atoms. The average molecular weight is 313 g/mol. The molecule has 0 amide bonds. The lowest BCUT2D eigenvalue weighted by Gasteiger charge is -2.45. The summed E-state index contributed by atoms with van der Waals surface area (Å²) in [5, 5.41) is 0. The Morgan fingerprint density at radius 1 is 1.00 bits per heavy atom. The van der Waals surface area contributed by atoms with Crippen molar-refractivity contribution in [3.8, 4) is 0 Å². The molecule has 1 aromatic rings. The van der Waals surface area contributed by atoms with Gasteiger partial charge in [-0.3, -0.25) is 4.90 Å². The van der Waals surface area contributed by atoms with Crippen molar-refractivity contribution in [3.05, 3.63) is 29.8 Å². The summed E-state index contributed by atoms with van der Waals surface area (Å²) in [6.45, 7) is 6.64. The van der Waals surface area contributed by atoms with Crippen molar-refractivity contribution in [2.24, 2.45) is 21.5 Å². The van der Waals surface area contributed by atoms with Crippen LogP contribution in [0.25, 0.3) is 0 Å². The van der Waals surface area contributed by atoms with Gasteiger partial charge < -0.3 is 11.5 Å². The quantitative estimate of drug-likeness (QED) is 0.836. The van der Waals surface area contributed by atoms with Crippen molar-refractivity contribution in [1.82, 2.24) is 0 Å². The van der Waals surface area contributed by atoms with Crippen LogP contribution < -0.4 is 16.4 Å². The van der Waals surface area contributed by atoms with Crippen LogP contribution in [0.3, 0.4) is 0 Å². The molecule has 23 heavy (non-hydrogen) atoms. The van der Waals surface area contributed by atoms with E-state index in [0.29, 0.717) is 11.9 Å². The molecule has 0 saturated heterocycles. The maximum absolute atomic E-state index is 6.25. The molecule has 1 fully saturated rings. The largest absolute Gasteiger partial charge is 0.369 e. The van der Waals surface area contributed by atoms with Crippen LogP contribution in [0.1, 0.15) is 58.4 Å². The molecule has 1 saturated carbocycles. The molecule has 0 aromatic heterocycles. The zero-order valence-electron chi connectivity index (χ0n) is 14.3. The third-order valence-corrected chi connectivity index (χ3v) is 4.84. The molecular weight excluding hydrogens is 286 g/mol. The predicted octanol–water partition coefficient (Wildman–Crippen LogP) is 3.09. The molecule has 1 spiro atoms. The molecule has 4 N–H and O–H groups in total. The summed E-state index contributed by atoms with van der Waals surface area (Å²) in [5.74, 6) is 0.745. The van der Waals surface area contributed by atoms with Gasteiger partial charge in [-0.25, -0.2) is 4.99 Å². The van der Waals surface area contributed by atoms with E-state index in [1.807, 2.05) is 0 Å². The highest BCUT2D eigenvalue weighted by molar-refractivity contribution is 6.05. The van der Waals surface area contributed by atoms with Crippen molar-refractivity contribution >= 4 is 17.6 Å². The van der Waals surface area contributed by atoms with Gasteiger partial charge >= 0.3 is 0 Å². The van der Waals surface area contributed by atoms with Gasteiger partial charge in [-0.05, 0) is 48.8 Å². The van der Waals surface area contributed by atoms with Gasteiger partial charge in [-0.15, -0.1) is 0 Å². The highest BCUT2D eigenvalue weighted by Gasteiger charge is 2.42. The van der Waals surface area contributed by atoms with Gasteiger partial charge in [-0.2, -0.15) is 4.99 Å². The molecule has 1 heterocycles. The van der Waals surface area contributed by atoms with Crippen molar-refractivity contribution in [2.45, 2.75) is 64.0 Å². The topological polar surface area (TPSA) is 80.0 Å². The van der Waals surface area contributed by atoms with Crippen LogP contribution in [0.15, 0.2) is 34.3 Å². The Kier molecular flexibility index (Phi) is 3.82. The molecule has 1 aliphatic heterocycles. The Labute approximate surface area is 138 Å². The molecule has 1 aliphatic carbocycles. The maximum atomic E-state index is 6.25. The number of guanidine groups is 2. The van der Waals surface area contributed by atoms with Crippen LogP contribution in [0.5, 0.6) is 0 Å². The minimum Gasteiger partial charge on any atom is -0.369 e. The molecular formula is C18H27N5. The summed E-state index contributed by atoms with van der Waals surface area (Å²) in [7, 11) is 0. The highest BCUT2D eigenvalue weighted by atomic mass is 15.4. The smallest absolute Gasteiger partial charge is 0.220 e. The molecule has 5 nitrogen and oxygen atoms in total. The monoisotopic (exact) mass is 313 g/mol. The van der Waals surface area contributed by atoms with E-state index in [2.05, 4.69) is 54.9 Å². The van der Waals surface area contributed by atoms with E-state index in [1.165, 1.54) is 12.0 Å². The van der Waals surface area contributed by atoms with E-state index in [4.69, 9.17) is 16.5 Å². The summed E-state index contributed by atoms with van der Waals surface area (Å²) in [5.41, 5.74) is 14.3. The van der Waals surface area contributed by atoms with E-state index in [0.717, 1.165) is 31.4 Å². The Morgan fingerprint density at radius 2 is 1.61 bits per heavy atom. The number of nitrogens with two attached hydrogens (primary N) is 2. The Bertz CT molecular complexity index is 630. The standard InChI is InChI=1S/C18H27N5/c1-17(2,3)13-7-9-14(10-8-13)23-16(20)21-15(19)22-18(23)11-5-4-6-12-18/h7-10H,4-6,11-12H2,1-3H3,(H4,19,20,21,22). The SMILES string of the molecule is CC(C)(C)c1ccc(N2C(N)=NC(N)=NC23CCCCC3)cc1.